The van der Waals surface area contributed by atoms with Gasteiger partial charge < -0.3 is 15.2 Å². The highest BCUT2D eigenvalue weighted by Crippen LogP contribution is 2.29. The maximum atomic E-state index is 13.0. The highest BCUT2D eigenvalue weighted by molar-refractivity contribution is 6.31. The first-order valence-corrected chi connectivity index (χ1v) is 6.43. The SMILES string of the molecule is COc1ccc(C(N)=O)cc1OCc1ccc(F)cc1Cl. The van der Waals surface area contributed by atoms with Crippen LogP contribution in [0.4, 0.5) is 4.39 Å². The average molecular weight is 310 g/mol. The monoisotopic (exact) mass is 309 g/mol. The zero-order valence-corrected chi connectivity index (χ0v) is 12.0. The lowest BCUT2D eigenvalue weighted by atomic mass is 10.2. The summed E-state index contributed by atoms with van der Waals surface area (Å²) in [5, 5.41) is 0.264. The number of benzene rings is 2. The number of carbonyl (C=O) groups is 1. The van der Waals surface area contributed by atoms with Crippen molar-refractivity contribution in [3.8, 4) is 11.5 Å². The molecule has 0 saturated heterocycles. The number of amides is 1. The van der Waals surface area contributed by atoms with Crippen LogP contribution in [-0.4, -0.2) is 13.0 Å². The van der Waals surface area contributed by atoms with Crippen molar-refractivity contribution in [1.82, 2.24) is 0 Å². The lowest BCUT2D eigenvalue weighted by Crippen LogP contribution is -2.11. The number of nitrogens with two attached hydrogens (primary N) is 1. The van der Waals surface area contributed by atoms with E-state index in [1.54, 1.807) is 12.1 Å². The number of hydrogen-bond donors (Lipinski definition) is 1. The normalized spacial score (nSPS) is 10.2. The van der Waals surface area contributed by atoms with Gasteiger partial charge in [0.05, 0.1) is 12.1 Å². The molecule has 2 aromatic carbocycles. The molecule has 21 heavy (non-hydrogen) atoms. The van der Waals surface area contributed by atoms with E-state index in [-0.39, 0.29) is 11.6 Å². The van der Waals surface area contributed by atoms with E-state index in [2.05, 4.69) is 0 Å². The molecular weight excluding hydrogens is 297 g/mol. The number of ether oxygens (including phenoxy) is 2. The van der Waals surface area contributed by atoms with Gasteiger partial charge >= 0.3 is 0 Å². The van der Waals surface area contributed by atoms with E-state index in [0.717, 1.165) is 0 Å². The number of halogens is 2. The van der Waals surface area contributed by atoms with Crippen LogP contribution in [-0.2, 0) is 6.61 Å². The molecule has 0 aliphatic rings. The summed E-state index contributed by atoms with van der Waals surface area (Å²) in [6.45, 7) is 0.109. The Morgan fingerprint density at radius 1 is 1.24 bits per heavy atom. The van der Waals surface area contributed by atoms with Gasteiger partial charge in [-0.3, -0.25) is 4.79 Å². The van der Waals surface area contributed by atoms with Crippen LogP contribution in [0.15, 0.2) is 36.4 Å². The Hall–Kier alpha value is -2.27. The maximum Gasteiger partial charge on any atom is 0.248 e. The summed E-state index contributed by atoms with van der Waals surface area (Å²) in [6, 6.07) is 8.64. The maximum absolute atomic E-state index is 13.0. The molecule has 0 aromatic heterocycles. The van der Waals surface area contributed by atoms with Gasteiger partial charge in [0, 0.05) is 11.1 Å². The molecule has 0 radical (unpaired) electrons. The van der Waals surface area contributed by atoms with Gasteiger partial charge in [-0.15, -0.1) is 0 Å². The van der Waals surface area contributed by atoms with E-state index in [9.17, 15) is 9.18 Å². The number of carbonyl (C=O) groups excluding carboxylic acids is 1. The standard InChI is InChI=1S/C15H13ClFNO3/c1-20-13-5-3-9(15(18)19)6-14(13)21-8-10-2-4-11(17)7-12(10)16/h2-7H,8H2,1H3,(H2,18,19). The second kappa shape index (κ2) is 6.45. The molecule has 0 atom stereocenters. The molecule has 0 aliphatic carbocycles. The molecular formula is C15H13ClFNO3. The molecule has 0 heterocycles. The predicted molar refractivity (Wildman–Crippen MR) is 77.3 cm³/mol. The van der Waals surface area contributed by atoms with Gasteiger partial charge in [0.1, 0.15) is 12.4 Å². The van der Waals surface area contributed by atoms with Crippen molar-refractivity contribution < 1.29 is 18.7 Å². The second-order valence-electron chi connectivity index (χ2n) is 4.25. The highest BCUT2D eigenvalue weighted by Gasteiger charge is 2.10. The van der Waals surface area contributed by atoms with Crippen molar-refractivity contribution in [2.45, 2.75) is 6.61 Å². The summed E-state index contributed by atoms with van der Waals surface area (Å²) in [7, 11) is 1.48. The highest BCUT2D eigenvalue weighted by atomic mass is 35.5. The Morgan fingerprint density at radius 3 is 2.62 bits per heavy atom. The van der Waals surface area contributed by atoms with Crippen LogP contribution in [0.1, 0.15) is 15.9 Å². The Bertz CT molecular complexity index is 676. The summed E-state index contributed by atoms with van der Waals surface area (Å²) in [4.78, 5) is 11.2. The van der Waals surface area contributed by atoms with Gasteiger partial charge in [-0.25, -0.2) is 4.39 Å². The van der Waals surface area contributed by atoms with Crippen molar-refractivity contribution >= 4 is 17.5 Å². The minimum absolute atomic E-state index is 0.109. The van der Waals surface area contributed by atoms with Gasteiger partial charge in [-0.2, -0.15) is 0 Å². The Kier molecular flexibility index (Phi) is 4.65. The molecule has 2 N–H and O–H groups in total. The van der Waals surface area contributed by atoms with Gasteiger partial charge in [0.2, 0.25) is 5.91 Å². The van der Waals surface area contributed by atoms with E-state index < -0.39 is 11.7 Å². The van der Waals surface area contributed by atoms with E-state index in [1.807, 2.05) is 0 Å². The van der Waals surface area contributed by atoms with Crippen LogP contribution < -0.4 is 15.2 Å². The Morgan fingerprint density at radius 2 is 2.00 bits per heavy atom. The first-order valence-electron chi connectivity index (χ1n) is 6.06. The third-order valence-corrected chi connectivity index (χ3v) is 3.20. The van der Waals surface area contributed by atoms with E-state index in [1.165, 1.54) is 31.4 Å². The number of rotatable bonds is 5. The van der Waals surface area contributed by atoms with Crippen LogP contribution in [0.3, 0.4) is 0 Å². The molecule has 0 aliphatic heterocycles. The predicted octanol–water partition coefficient (Wildman–Crippen LogP) is 3.17. The van der Waals surface area contributed by atoms with Gasteiger partial charge in [-0.1, -0.05) is 17.7 Å². The Balaban J connectivity index is 2.22. The number of hydrogen-bond acceptors (Lipinski definition) is 3. The van der Waals surface area contributed by atoms with Gasteiger partial charge in [0.25, 0.3) is 0 Å². The minimum atomic E-state index is -0.567. The lowest BCUT2D eigenvalue weighted by molar-refractivity contribution is 0.0999. The second-order valence-corrected chi connectivity index (χ2v) is 4.66. The van der Waals surface area contributed by atoms with Gasteiger partial charge in [-0.05, 0) is 30.3 Å². The first kappa shape index (κ1) is 15.1. The number of methoxy groups -OCH3 is 1. The topological polar surface area (TPSA) is 61.5 Å². The summed E-state index contributed by atoms with van der Waals surface area (Å²) >= 11 is 5.93. The smallest absolute Gasteiger partial charge is 0.248 e. The van der Waals surface area contributed by atoms with Crippen LogP contribution in [0.5, 0.6) is 11.5 Å². The summed E-state index contributed by atoms with van der Waals surface area (Å²) in [5.74, 6) is -0.174. The van der Waals surface area contributed by atoms with Crippen LogP contribution in [0.2, 0.25) is 5.02 Å². The fourth-order valence-electron chi connectivity index (χ4n) is 1.74. The largest absolute Gasteiger partial charge is 0.493 e. The van der Waals surface area contributed by atoms with Crippen LogP contribution in [0.25, 0.3) is 0 Å². The van der Waals surface area contributed by atoms with Crippen LogP contribution in [0, 0.1) is 5.82 Å². The molecule has 0 fully saturated rings. The third kappa shape index (κ3) is 3.64. The molecule has 0 spiro atoms. The minimum Gasteiger partial charge on any atom is -0.493 e. The summed E-state index contributed by atoms with van der Waals surface area (Å²) in [6.07, 6.45) is 0. The third-order valence-electron chi connectivity index (χ3n) is 2.85. The molecule has 4 nitrogen and oxygen atoms in total. The molecule has 1 amide bonds. The average Bonchev–Trinajstić information content (AvgIpc) is 2.46. The van der Waals surface area contributed by atoms with Gasteiger partial charge in [0.15, 0.2) is 11.5 Å². The lowest BCUT2D eigenvalue weighted by Gasteiger charge is -2.12. The first-order chi connectivity index (χ1) is 10.0. The molecule has 0 saturated carbocycles. The van der Waals surface area contributed by atoms with Crippen molar-refractivity contribution in [3.63, 3.8) is 0 Å². The molecule has 2 aromatic rings. The molecule has 110 valence electrons. The fourth-order valence-corrected chi connectivity index (χ4v) is 1.96. The number of primary amides is 1. The summed E-state index contributed by atoms with van der Waals surface area (Å²) < 4.78 is 23.7. The fraction of sp³-hybridized carbons (Fsp3) is 0.133. The van der Waals surface area contributed by atoms with Crippen molar-refractivity contribution in [2.75, 3.05) is 7.11 Å². The van der Waals surface area contributed by atoms with E-state index >= 15 is 0 Å². The van der Waals surface area contributed by atoms with Crippen LogP contribution >= 0.6 is 11.6 Å². The van der Waals surface area contributed by atoms with E-state index in [4.69, 9.17) is 26.8 Å². The Labute approximate surface area is 126 Å². The molecule has 0 bridgehead atoms. The van der Waals surface area contributed by atoms with Crippen molar-refractivity contribution in [2.24, 2.45) is 5.73 Å². The molecule has 2 rings (SSSR count). The van der Waals surface area contributed by atoms with Crippen molar-refractivity contribution in [1.29, 1.82) is 0 Å². The zero-order chi connectivity index (χ0) is 15.4. The summed E-state index contributed by atoms with van der Waals surface area (Å²) in [5.41, 5.74) is 6.14. The molecule has 6 heteroatoms. The quantitative estimate of drug-likeness (QED) is 0.922. The zero-order valence-electron chi connectivity index (χ0n) is 11.2. The molecule has 0 unspecified atom stereocenters. The van der Waals surface area contributed by atoms with Crippen molar-refractivity contribution in [3.05, 3.63) is 58.4 Å². The van der Waals surface area contributed by atoms with E-state index in [0.29, 0.717) is 22.6 Å².